The summed E-state index contributed by atoms with van der Waals surface area (Å²) in [5.74, 6) is 1.52. The molecule has 0 aliphatic rings. The summed E-state index contributed by atoms with van der Waals surface area (Å²) in [6.07, 6.45) is 0. The fourth-order valence-electron chi connectivity index (χ4n) is 2.66. The lowest BCUT2D eigenvalue weighted by atomic mass is 10.2. The van der Waals surface area contributed by atoms with Gasteiger partial charge in [0.1, 0.15) is 6.61 Å². The summed E-state index contributed by atoms with van der Waals surface area (Å²) in [5, 5.41) is 4.08. The number of anilines is 1. The van der Waals surface area contributed by atoms with Crippen molar-refractivity contribution < 1.29 is 9.47 Å². The Labute approximate surface area is 192 Å². The van der Waals surface area contributed by atoms with E-state index < -0.39 is 0 Å². The van der Waals surface area contributed by atoms with Gasteiger partial charge in [-0.25, -0.2) is 0 Å². The van der Waals surface area contributed by atoms with Crippen LogP contribution in [0.5, 0.6) is 11.5 Å². The molecule has 6 heteroatoms. The van der Waals surface area contributed by atoms with Crippen molar-refractivity contribution in [3.05, 3.63) is 84.9 Å². The molecule has 28 heavy (non-hydrogen) atoms. The van der Waals surface area contributed by atoms with E-state index in [2.05, 4.69) is 49.9 Å². The molecule has 0 saturated carbocycles. The number of rotatable bonds is 8. The molecule has 0 bridgehead atoms. The Morgan fingerprint density at radius 2 is 1.75 bits per heavy atom. The zero-order valence-corrected chi connectivity index (χ0v) is 19.8. The van der Waals surface area contributed by atoms with Gasteiger partial charge in [-0.2, -0.15) is 0 Å². The summed E-state index contributed by atoms with van der Waals surface area (Å²) >= 11 is 12.0. The second-order valence-electron chi connectivity index (χ2n) is 6.09. The molecule has 1 N–H and O–H groups in total. The SMILES string of the molecule is CCOc1cc(CNc2ccccc2Cl)cc(I)c1OCc1ccc(Br)cc1. The van der Waals surface area contributed by atoms with E-state index in [4.69, 9.17) is 21.1 Å². The fraction of sp³-hybridized carbons (Fsp3) is 0.182. The van der Waals surface area contributed by atoms with Crippen LogP contribution in [0.4, 0.5) is 5.69 Å². The number of halogens is 3. The number of hydrogen-bond donors (Lipinski definition) is 1. The first-order valence-electron chi connectivity index (χ1n) is 8.87. The highest BCUT2D eigenvalue weighted by Gasteiger charge is 2.13. The van der Waals surface area contributed by atoms with Crippen LogP contribution in [0.3, 0.4) is 0 Å². The number of ether oxygens (including phenoxy) is 2. The van der Waals surface area contributed by atoms with Gasteiger partial charge in [-0.15, -0.1) is 0 Å². The van der Waals surface area contributed by atoms with Crippen LogP contribution >= 0.6 is 50.1 Å². The maximum absolute atomic E-state index is 6.23. The standard InChI is InChI=1S/C22H20BrClINO2/c1-2-27-21-12-16(13-26-20-6-4-3-5-18(20)24)11-19(25)22(21)28-14-15-7-9-17(23)10-8-15/h3-12,26H,2,13-14H2,1H3. The second-order valence-corrected chi connectivity index (χ2v) is 8.57. The van der Waals surface area contributed by atoms with Gasteiger partial charge >= 0.3 is 0 Å². The zero-order chi connectivity index (χ0) is 19.9. The normalized spacial score (nSPS) is 10.6. The first kappa shape index (κ1) is 21.3. The topological polar surface area (TPSA) is 30.5 Å². The van der Waals surface area contributed by atoms with Crippen molar-refractivity contribution in [2.75, 3.05) is 11.9 Å². The Kier molecular flexibility index (Phi) is 7.88. The van der Waals surface area contributed by atoms with Crippen molar-refractivity contribution in [3.8, 4) is 11.5 Å². The number of benzene rings is 3. The van der Waals surface area contributed by atoms with E-state index in [0.717, 1.165) is 36.4 Å². The minimum atomic E-state index is 0.487. The summed E-state index contributed by atoms with van der Waals surface area (Å²) in [5.41, 5.74) is 3.11. The summed E-state index contributed by atoms with van der Waals surface area (Å²) in [6, 6.07) is 19.9. The molecule has 3 nitrogen and oxygen atoms in total. The monoisotopic (exact) mass is 571 g/mol. The van der Waals surface area contributed by atoms with Gasteiger partial charge < -0.3 is 14.8 Å². The molecule has 0 aliphatic heterocycles. The molecule has 3 aromatic rings. The molecule has 0 atom stereocenters. The van der Waals surface area contributed by atoms with E-state index in [1.165, 1.54) is 0 Å². The van der Waals surface area contributed by atoms with Gasteiger partial charge in [-0.1, -0.05) is 51.8 Å². The van der Waals surface area contributed by atoms with Crippen LogP contribution in [0.1, 0.15) is 18.1 Å². The van der Waals surface area contributed by atoms with E-state index in [1.807, 2.05) is 61.5 Å². The van der Waals surface area contributed by atoms with Gasteiger partial charge in [0, 0.05) is 11.0 Å². The number of para-hydroxylation sites is 1. The van der Waals surface area contributed by atoms with Crippen LogP contribution in [-0.4, -0.2) is 6.61 Å². The zero-order valence-electron chi connectivity index (χ0n) is 15.3. The fourth-order valence-corrected chi connectivity index (χ4v) is 3.95. The van der Waals surface area contributed by atoms with Gasteiger partial charge in [0.05, 0.1) is 20.9 Å². The largest absolute Gasteiger partial charge is 0.490 e. The second kappa shape index (κ2) is 10.4. The molecule has 0 amide bonds. The molecule has 0 heterocycles. The van der Waals surface area contributed by atoms with Crippen LogP contribution < -0.4 is 14.8 Å². The highest BCUT2D eigenvalue weighted by molar-refractivity contribution is 14.1. The number of nitrogens with one attached hydrogen (secondary N) is 1. The first-order valence-corrected chi connectivity index (χ1v) is 11.1. The molecule has 0 radical (unpaired) electrons. The van der Waals surface area contributed by atoms with Crippen molar-refractivity contribution in [2.45, 2.75) is 20.1 Å². The van der Waals surface area contributed by atoms with Crippen molar-refractivity contribution in [2.24, 2.45) is 0 Å². The minimum absolute atomic E-state index is 0.487. The van der Waals surface area contributed by atoms with Crippen LogP contribution in [0.2, 0.25) is 5.02 Å². The van der Waals surface area contributed by atoms with Crippen LogP contribution in [-0.2, 0) is 13.2 Å². The van der Waals surface area contributed by atoms with Crippen LogP contribution in [0, 0.1) is 3.57 Å². The molecule has 0 spiro atoms. The lowest BCUT2D eigenvalue weighted by Gasteiger charge is -2.16. The first-order chi connectivity index (χ1) is 13.6. The van der Waals surface area contributed by atoms with E-state index in [9.17, 15) is 0 Å². The molecular formula is C22H20BrClINO2. The third-order valence-electron chi connectivity index (χ3n) is 4.02. The van der Waals surface area contributed by atoms with Gasteiger partial charge in [-0.3, -0.25) is 0 Å². The maximum atomic E-state index is 6.23. The Morgan fingerprint density at radius 1 is 1.00 bits per heavy atom. The molecule has 0 aromatic heterocycles. The third-order valence-corrected chi connectivity index (χ3v) is 5.68. The number of hydrogen-bond acceptors (Lipinski definition) is 3. The highest BCUT2D eigenvalue weighted by atomic mass is 127. The maximum Gasteiger partial charge on any atom is 0.174 e. The quantitative estimate of drug-likeness (QED) is 0.288. The molecule has 146 valence electrons. The van der Waals surface area contributed by atoms with Crippen LogP contribution in [0.15, 0.2) is 65.1 Å². The van der Waals surface area contributed by atoms with Crippen LogP contribution in [0.25, 0.3) is 0 Å². The predicted octanol–water partition coefficient (Wildman–Crippen LogP) is 7.30. The van der Waals surface area contributed by atoms with Crippen molar-refractivity contribution in [1.82, 2.24) is 0 Å². The predicted molar refractivity (Wildman–Crippen MR) is 128 cm³/mol. The molecule has 3 aromatic carbocycles. The Hall–Kier alpha value is -1.44. The smallest absolute Gasteiger partial charge is 0.174 e. The summed E-state index contributed by atoms with van der Waals surface area (Å²) < 4.78 is 14.0. The van der Waals surface area contributed by atoms with E-state index in [-0.39, 0.29) is 0 Å². The van der Waals surface area contributed by atoms with Crippen molar-refractivity contribution in [3.63, 3.8) is 0 Å². The summed E-state index contributed by atoms with van der Waals surface area (Å²) in [7, 11) is 0. The average molecular weight is 573 g/mol. The van der Waals surface area contributed by atoms with Gasteiger partial charge in [-0.05, 0) is 77.0 Å². The van der Waals surface area contributed by atoms with E-state index in [1.54, 1.807) is 0 Å². The lowest BCUT2D eigenvalue weighted by molar-refractivity contribution is 0.267. The van der Waals surface area contributed by atoms with E-state index in [0.29, 0.717) is 24.8 Å². The Bertz CT molecular complexity index is 934. The third kappa shape index (κ3) is 5.78. The summed E-state index contributed by atoms with van der Waals surface area (Å²) in [4.78, 5) is 0. The average Bonchev–Trinajstić information content (AvgIpc) is 2.68. The molecule has 0 unspecified atom stereocenters. The summed E-state index contributed by atoms with van der Waals surface area (Å²) in [6.45, 7) is 3.68. The molecule has 0 aliphatic carbocycles. The van der Waals surface area contributed by atoms with Gasteiger partial charge in [0.2, 0.25) is 0 Å². The Morgan fingerprint density at radius 3 is 2.46 bits per heavy atom. The van der Waals surface area contributed by atoms with Crippen molar-refractivity contribution in [1.29, 1.82) is 0 Å². The molecule has 3 rings (SSSR count). The highest BCUT2D eigenvalue weighted by Crippen LogP contribution is 2.35. The van der Waals surface area contributed by atoms with Crippen molar-refractivity contribution >= 4 is 55.8 Å². The molecule has 0 fully saturated rings. The Balaban J connectivity index is 1.75. The molecular weight excluding hydrogens is 553 g/mol. The lowest BCUT2D eigenvalue weighted by Crippen LogP contribution is -2.05. The van der Waals surface area contributed by atoms with Gasteiger partial charge in [0.25, 0.3) is 0 Å². The van der Waals surface area contributed by atoms with Gasteiger partial charge in [0.15, 0.2) is 11.5 Å². The molecule has 0 saturated heterocycles. The van der Waals surface area contributed by atoms with E-state index >= 15 is 0 Å². The minimum Gasteiger partial charge on any atom is -0.490 e.